The van der Waals surface area contributed by atoms with Crippen molar-refractivity contribution >= 4 is 17.7 Å². The van der Waals surface area contributed by atoms with Crippen molar-refractivity contribution < 1.29 is 13.9 Å². The molecule has 8 heteroatoms. The summed E-state index contributed by atoms with van der Waals surface area (Å²) in [5.74, 6) is 1.71. The number of aromatic nitrogens is 3. The number of carbonyl (C=O) groups excluding carboxylic acids is 1. The van der Waals surface area contributed by atoms with Gasteiger partial charge in [0.25, 0.3) is 0 Å². The van der Waals surface area contributed by atoms with E-state index >= 15 is 0 Å². The summed E-state index contributed by atoms with van der Waals surface area (Å²) in [5, 5.41) is 12.3. The van der Waals surface area contributed by atoms with Crippen molar-refractivity contribution in [2.24, 2.45) is 5.92 Å². The molecule has 1 saturated heterocycles. The molecular formula is C22H29FN4O2S. The minimum atomic E-state index is -0.317. The molecule has 0 spiro atoms. The summed E-state index contributed by atoms with van der Waals surface area (Å²) in [4.78, 5) is 12.2. The fraction of sp³-hybridized carbons (Fsp3) is 0.591. The van der Waals surface area contributed by atoms with E-state index in [2.05, 4.69) is 15.5 Å². The highest BCUT2D eigenvalue weighted by molar-refractivity contribution is 7.99. The zero-order valence-electron chi connectivity index (χ0n) is 17.2. The summed E-state index contributed by atoms with van der Waals surface area (Å²) in [6.07, 6.45) is 8.20. The zero-order valence-corrected chi connectivity index (χ0v) is 18.0. The monoisotopic (exact) mass is 432 g/mol. The van der Waals surface area contributed by atoms with Crippen LogP contribution in [0.15, 0.2) is 29.4 Å². The molecule has 2 aromatic rings. The van der Waals surface area contributed by atoms with E-state index in [0.29, 0.717) is 42.0 Å². The first-order valence-corrected chi connectivity index (χ1v) is 11.9. The molecule has 4 rings (SSSR count). The molecule has 6 nitrogen and oxygen atoms in total. The lowest BCUT2D eigenvalue weighted by Crippen LogP contribution is -2.27. The second-order valence-electron chi connectivity index (χ2n) is 8.09. The number of amides is 1. The van der Waals surface area contributed by atoms with Gasteiger partial charge in [-0.25, -0.2) is 4.39 Å². The van der Waals surface area contributed by atoms with Crippen LogP contribution in [0.4, 0.5) is 4.39 Å². The van der Waals surface area contributed by atoms with Gasteiger partial charge >= 0.3 is 0 Å². The maximum absolute atomic E-state index is 14.6. The number of carbonyl (C=O) groups is 1. The predicted octanol–water partition coefficient (Wildman–Crippen LogP) is 3.92. The molecule has 1 aromatic carbocycles. The molecular weight excluding hydrogens is 403 g/mol. The number of para-hydroxylation sites is 1. The average Bonchev–Trinajstić information content (AvgIpc) is 3.49. The number of hydrogen-bond donors (Lipinski definition) is 1. The van der Waals surface area contributed by atoms with E-state index in [4.69, 9.17) is 4.74 Å². The number of thioether (sulfide) groups is 1. The molecule has 0 unspecified atom stereocenters. The molecule has 30 heavy (non-hydrogen) atoms. The fourth-order valence-electron chi connectivity index (χ4n) is 4.24. The lowest BCUT2D eigenvalue weighted by atomic mass is 10.0. The first kappa shape index (κ1) is 21.3. The molecule has 162 valence electrons. The Labute approximate surface area is 181 Å². The maximum Gasteiger partial charge on any atom is 0.220 e. The first-order valence-electron chi connectivity index (χ1n) is 10.9. The third-order valence-electron chi connectivity index (χ3n) is 5.84. The van der Waals surface area contributed by atoms with E-state index in [1.165, 1.54) is 18.9 Å². The SMILES string of the molecule is O=C(CC1CCCC1)NCCc1nnc(SC[C@@H]2CCCO2)n1-c1ccccc1F. The highest BCUT2D eigenvalue weighted by atomic mass is 32.2. The molecule has 1 amide bonds. The molecule has 1 atom stereocenters. The van der Waals surface area contributed by atoms with Gasteiger partial charge in [-0.1, -0.05) is 36.7 Å². The van der Waals surface area contributed by atoms with Gasteiger partial charge < -0.3 is 10.1 Å². The highest BCUT2D eigenvalue weighted by Gasteiger charge is 2.22. The summed E-state index contributed by atoms with van der Waals surface area (Å²) in [7, 11) is 0. The summed E-state index contributed by atoms with van der Waals surface area (Å²) in [6.45, 7) is 1.27. The Morgan fingerprint density at radius 2 is 2.03 bits per heavy atom. The van der Waals surface area contributed by atoms with Crippen molar-refractivity contribution in [3.05, 3.63) is 35.9 Å². The lowest BCUT2D eigenvalue weighted by Gasteiger charge is -2.13. The number of nitrogens with zero attached hydrogens (tertiary/aromatic N) is 3. The van der Waals surface area contributed by atoms with E-state index < -0.39 is 0 Å². The van der Waals surface area contributed by atoms with Crippen molar-refractivity contribution in [1.29, 1.82) is 0 Å². The second-order valence-corrected chi connectivity index (χ2v) is 9.07. The predicted molar refractivity (Wildman–Crippen MR) is 114 cm³/mol. The van der Waals surface area contributed by atoms with Gasteiger partial charge in [0.05, 0.1) is 11.8 Å². The van der Waals surface area contributed by atoms with Crippen LogP contribution in [0.1, 0.15) is 50.8 Å². The van der Waals surface area contributed by atoms with Crippen LogP contribution < -0.4 is 5.32 Å². The van der Waals surface area contributed by atoms with E-state index in [1.54, 1.807) is 34.5 Å². The third-order valence-corrected chi connectivity index (χ3v) is 6.90. The molecule has 2 aliphatic rings. The Balaban J connectivity index is 1.42. The Bertz CT molecular complexity index is 847. The smallest absolute Gasteiger partial charge is 0.220 e. The van der Waals surface area contributed by atoms with Crippen LogP contribution in [0.3, 0.4) is 0 Å². The average molecular weight is 433 g/mol. The molecule has 0 radical (unpaired) electrons. The molecule has 1 aliphatic carbocycles. The molecule has 2 heterocycles. The minimum absolute atomic E-state index is 0.0897. The van der Waals surface area contributed by atoms with Gasteiger partial charge in [-0.3, -0.25) is 9.36 Å². The third kappa shape index (κ3) is 5.40. The van der Waals surface area contributed by atoms with Crippen molar-refractivity contribution in [1.82, 2.24) is 20.1 Å². The van der Waals surface area contributed by atoms with Crippen LogP contribution in [0.2, 0.25) is 0 Å². The molecule has 0 bridgehead atoms. The van der Waals surface area contributed by atoms with Crippen LogP contribution >= 0.6 is 11.8 Å². The van der Waals surface area contributed by atoms with Crippen molar-refractivity contribution in [3.8, 4) is 5.69 Å². The maximum atomic E-state index is 14.6. The van der Waals surface area contributed by atoms with E-state index in [9.17, 15) is 9.18 Å². The minimum Gasteiger partial charge on any atom is -0.377 e. The zero-order chi connectivity index (χ0) is 20.8. The largest absolute Gasteiger partial charge is 0.377 e. The van der Waals surface area contributed by atoms with Gasteiger partial charge in [-0.2, -0.15) is 0 Å². The number of halogens is 1. The Kier molecular flexibility index (Phi) is 7.38. The summed E-state index contributed by atoms with van der Waals surface area (Å²) >= 11 is 1.54. The van der Waals surface area contributed by atoms with E-state index in [1.807, 2.05) is 0 Å². The van der Waals surface area contributed by atoms with Crippen LogP contribution in [0.25, 0.3) is 5.69 Å². The van der Waals surface area contributed by atoms with Gasteiger partial charge in [-0.05, 0) is 43.7 Å². The highest BCUT2D eigenvalue weighted by Crippen LogP contribution is 2.28. The molecule has 2 fully saturated rings. The van der Waals surface area contributed by atoms with Gasteiger partial charge in [0.15, 0.2) is 5.16 Å². The second kappa shape index (κ2) is 10.4. The summed E-state index contributed by atoms with van der Waals surface area (Å²) in [5.41, 5.74) is 0.435. The normalized spacial score (nSPS) is 19.4. The quantitative estimate of drug-likeness (QED) is 0.609. The number of benzene rings is 1. The van der Waals surface area contributed by atoms with Crippen molar-refractivity contribution in [2.45, 2.75) is 62.6 Å². The van der Waals surface area contributed by atoms with Crippen molar-refractivity contribution in [2.75, 3.05) is 18.9 Å². The summed E-state index contributed by atoms with van der Waals surface area (Å²) in [6, 6.07) is 6.65. The fourth-order valence-corrected chi connectivity index (χ4v) is 5.27. The first-order chi connectivity index (χ1) is 14.7. The number of nitrogens with one attached hydrogen (secondary N) is 1. The Morgan fingerprint density at radius 1 is 1.20 bits per heavy atom. The van der Waals surface area contributed by atoms with E-state index in [-0.39, 0.29) is 17.8 Å². The topological polar surface area (TPSA) is 69.0 Å². The molecule has 1 aromatic heterocycles. The number of ether oxygens (including phenoxy) is 1. The van der Waals surface area contributed by atoms with Crippen LogP contribution in [-0.4, -0.2) is 45.7 Å². The molecule has 1 N–H and O–H groups in total. The van der Waals surface area contributed by atoms with E-state index in [0.717, 1.165) is 38.0 Å². The van der Waals surface area contributed by atoms with Gasteiger partial charge in [0, 0.05) is 31.7 Å². The molecule has 1 aliphatic heterocycles. The standard InChI is InChI=1S/C22H29FN4O2S/c23-18-9-3-4-10-19(18)27-20(11-12-24-21(28)14-16-6-1-2-7-16)25-26-22(27)30-15-17-8-5-13-29-17/h3-4,9-10,16-17H,1-2,5-8,11-15H2,(H,24,28)/t17-/m0/s1. The van der Waals surface area contributed by atoms with Crippen LogP contribution in [0, 0.1) is 11.7 Å². The Hall–Kier alpha value is -1.93. The van der Waals surface area contributed by atoms with Gasteiger partial charge in [0.2, 0.25) is 5.91 Å². The van der Waals surface area contributed by atoms with Crippen molar-refractivity contribution in [3.63, 3.8) is 0 Å². The van der Waals surface area contributed by atoms with Crippen LogP contribution in [0.5, 0.6) is 0 Å². The van der Waals surface area contributed by atoms with Crippen LogP contribution in [-0.2, 0) is 16.0 Å². The van der Waals surface area contributed by atoms with Gasteiger partial charge in [0.1, 0.15) is 11.6 Å². The Morgan fingerprint density at radius 3 is 2.80 bits per heavy atom. The number of hydrogen-bond acceptors (Lipinski definition) is 5. The van der Waals surface area contributed by atoms with Gasteiger partial charge in [-0.15, -0.1) is 10.2 Å². The molecule has 1 saturated carbocycles. The number of rotatable bonds is 9. The lowest BCUT2D eigenvalue weighted by molar-refractivity contribution is -0.121. The summed E-state index contributed by atoms with van der Waals surface area (Å²) < 4.78 is 22.0.